The van der Waals surface area contributed by atoms with Crippen LogP contribution in [0.5, 0.6) is 0 Å². The van der Waals surface area contributed by atoms with Crippen molar-refractivity contribution in [3.8, 4) is 0 Å². The molecule has 4 nitrogen and oxygen atoms in total. The Labute approximate surface area is 166 Å². The van der Waals surface area contributed by atoms with Crippen molar-refractivity contribution < 1.29 is 9.59 Å². The molecule has 2 amide bonds. The highest BCUT2D eigenvalue weighted by atomic mass is 32.2. The normalized spacial score (nSPS) is 11.9. The third-order valence-electron chi connectivity index (χ3n) is 4.14. The molecule has 0 bridgehead atoms. The summed E-state index contributed by atoms with van der Waals surface area (Å²) in [6, 6.07) is 17.4. The maximum Gasteiger partial charge on any atom is 0.242 e. The molecule has 0 unspecified atom stereocenters. The minimum atomic E-state index is -0.531. The Morgan fingerprint density at radius 1 is 1.04 bits per heavy atom. The number of thioether (sulfide) groups is 1. The number of rotatable bonds is 8. The standard InChI is InChI=1S/C22H28N2O2S/c1-16(2)23-22(26)18(4)24(14-19-10-8-9-17(3)13-19)21(25)15-27-20-11-6-5-7-12-20/h5-13,16,18H,14-15H2,1-4H3,(H,23,26)/t18-/m0/s1. The van der Waals surface area contributed by atoms with Crippen molar-refractivity contribution in [3.05, 3.63) is 65.7 Å². The minimum Gasteiger partial charge on any atom is -0.352 e. The monoisotopic (exact) mass is 384 g/mol. The summed E-state index contributed by atoms with van der Waals surface area (Å²) in [5, 5.41) is 2.91. The van der Waals surface area contributed by atoms with Gasteiger partial charge in [-0.15, -0.1) is 11.8 Å². The van der Waals surface area contributed by atoms with Crippen molar-refractivity contribution in [1.82, 2.24) is 10.2 Å². The van der Waals surface area contributed by atoms with Crippen LogP contribution in [0, 0.1) is 6.92 Å². The molecule has 0 saturated heterocycles. The molecule has 1 atom stereocenters. The highest BCUT2D eigenvalue weighted by molar-refractivity contribution is 8.00. The Bertz CT molecular complexity index is 762. The highest BCUT2D eigenvalue weighted by Gasteiger charge is 2.26. The van der Waals surface area contributed by atoms with Crippen molar-refractivity contribution in [2.45, 2.75) is 51.2 Å². The fourth-order valence-corrected chi connectivity index (χ4v) is 3.55. The number of carbonyl (C=O) groups excluding carboxylic acids is 2. The van der Waals surface area contributed by atoms with Gasteiger partial charge in [-0.1, -0.05) is 48.0 Å². The lowest BCUT2D eigenvalue weighted by Gasteiger charge is -2.29. The van der Waals surface area contributed by atoms with Crippen LogP contribution in [0.15, 0.2) is 59.5 Å². The predicted molar refractivity (Wildman–Crippen MR) is 112 cm³/mol. The number of hydrogen-bond acceptors (Lipinski definition) is 3. The van der Waals surface area contributed by atoms with Crippen LogP contribution in [0.3, 0.4) is 0 Å². The third kappa shape index (κ3) is 6.75. The van der Waals surface area contributed by atoms with Gasteiger partial charge in [0.2, 0.25) is 11.8 Å². The first kappa shape index (κ1) is 21.0. The number of amides is 2. The van der Waals surface area contributed by atoms with Crippen LogP contribution in [-0.4, -0.2) is 34.6 Å². The molecule has 0 aliphatic carbocycles. The lowest BCUT2D eigenvalue weighted by molar-refractivity contribution is -0.138. The van der Waals surface area contributed by atoms with E-state index < -0.39 is 6.04 Å². The van der Waals surface area contributed by atoms with Crippen LogP contribution >= 0.6 is 11.8 Å². The molecular weight excluding hydrogens is 356 g/mol. The molecule has 0 radical (unpaired) electrons. The van der Waals surface area contributed by atoms with Crippen LogP contribution in [0.25, 0.3) is 0 Å². The maximum atomic E-state index is 13.0. The summed E-state index contributed by atoms with van der Waals surface area (Å²) in [5.41, 5.74) is 2.16. The Hall–Kier alpha value is -2.27. The van der Waals surface area contributed by atoms with Crippen molar-refractivity contribution in [1.29, 1.82) is 0 Å². The lowest BCUT2D eigenvalue weighted by atomic mass is 10.1. The van der Waals surface area contributed by atoms with E-state index in [1.165, 1.54) is 11.8 Å². The smallest absolute Gasteiger partial charge is 0.242 e. The van der Waals surface area contributed by atoms with Crippen LogP contribution in [0.1, 0.15) is 31.9 Å². The first-order valence-electron chi connectivity index (χ1n) is 9.20. The second-order valence-corrected chi connectivity index (χ2v) is 8.00. The van der Waals surface area contributed by atoms with Gasteiger partial charge >= 0.3 is 0 Å². The van der Waals surface area contributed by atoms with Gasteiger partial charge in [-0.3, -0.25) is 9.59 Å². The number of carbonyl (C=O) groups is 2. The predicted octanol–water partition coefficient (Wildman–Crippen LogP) is 4.03. The van der Waals surface area contributed by atoms with E-state index in [4.69, 9.17) is 0 Å². The van der Waals surface area contributed by atoms with Gasteiger partial charge in [-0.05, 0) is 45.4 Å². The maximum absolute atomic E-state index is 13.0. The number of aryl methyl sites for hydroxylation is 1. The Kier molecular flexibility index (Phi) is 7.92. The van der Waals surface area contributed by atoms with E-state index in [1.54, 1.807) is 11.8 Å². The zero-order valence-electron chi connectivity index (χ0n) is 16.4. The molecule has 0 heterocycles. The van der Waals surface area contributed by atoms with Gasteiger partial charge in [0, 0.05) is 17.5 Å². The quantitative estimate of drug-likeness (QED) is 0.699. The van der Waals surface area contributed by atoms with Crippen LogP contribution in [0.2, 0.25) is 0 Å². The van der Waals surface area contributed by atoms with E-state index in [0.717, 1.165) is 16.0 Å². The largest absolute Gasteiger partial charge is 0.352 e. The molecule has 2 aromatic rings. The summed E-state index contributed by atoms with van der Waals surface area (Å²) in [6.07, 6.45) is 0. The zero-order chi connectivity index (χ0) is 19.8. The molecule has 0 aliphatic heterocycles. The molecule has 27 heavy (non-hydrogen) atoms. The molecule has 144 valence electrons. The summed E-state index contributed by atoms with van der Waals surface area (Å²) in [6.45, 7) is 8.07. The Morgan fingerprint density at radius 3 is 2.37 bits per heavy atom. The Morgan fingerprint density at radius 2 is 1.74 bits per heavy atom. The van der Waals surface area contributed by atoms with Gasteiger partial charge in [0.15, 0.2) is 0 Å². The average Bonchev–Trinajstić information content (AvgIpc) is 2.64. The fourth-order valence-electron chi connectivity index (χ4n) is 2.74. The second kappa shape index (κ2) is 10.2. The zero-order valence-corrected chi connectivity index (χ0v) is 17.3. The van der Waals surface area contributed by atoms with Crippen LogP contribution in [0.4, 0.5) is 0 Å². The molecule has 2 rings (SSSR count). The van der Waals surface area contributed by atoms with Crippen LogP contribution in [-0.2, 0) is 16.1 Å². The molecular formula is C22H28N2O2S. The van der Waals surface area contributed by atoms with E-state index >= 15 is 0 Å². The topological polar surface area (TPSA) is 49.4 Å². The first-order chi connectivity index (χ1) is 12.9. The summed E-state index contributed by atoms with van der Waals surface area (Å²) in [5.74, 6) is 0.127. The van der Waals surface area contributed by atoms with E-state index in [2.05, 4.69) is 11.4 Å². The molecule has 1 N–H and O–H groups in total. The summed E-state index contributed by atoms with van der Waals surface area (Å²) >= 11 is 1.49. The van der Waals surface area contributed by atoms with Crippen molar-refractivity contribution in [3.63, 3.8) is 0 Å². The van der Waals surface area contributed by atoms with E-state index in [1.807, 2.05) is 69.3 Å². The molecule has 0 aliphatic rings. The van der Waals surface area contributed by atoms with E-state index in [-0.39, 0.29) is 17.9 Å². The third-order valence-corrected chi connectivity index (χ3v) is 5.14. The van der Waals surface area contributed by atoms with Crippen molar-refractivity contribution >= 4 is 23.6 Å². The second-order valence-electron chi connectivity index (χ2n) is 6.95. The summed E-state index contributed by atoms with van der Waals surface area (Å²) in [7, 11) is 0. The molecule has 2 aromatic carbocycles. The SMILES string of the molecule is Cc1cccc(CN(C(=O)CSc2ccccc2)[C@@H](C)C(=O)NC(C)C)c1. The summed E-state index contributed by atoms with van der Waals surface area (Å²) in [4.78, 5) is 28.2. The van der Waals surface area contributed by atoms with E-state index in [0.29, 0.717) is 12.3 Å². The van der Waals surface area contributed by atoms with Gasteiger partial charge in [0.05, 0.1) is 5.75 Å². The van der Waals surface area contributed by atoms with Gasteiger partial charge in [-0.25, -0.2) is 0 Å². The number of nitrogens with one attached hydrogen (secondary N) is 1. The van der Waals surface area contributed by atoms with Gasteiger partial charge in [0.1, 0.15) is 6.04 Å². The van der Waals surface area contributed by atoms with Gasteiger partial charge in [-0.2, -0.15) is 0 Å². The van der Waals surface area contributed by atoms with Gasteiger partial charge in [0.25, 0.3) is 0 Å². The van der Waals surface area contributed by atoms with Crippen LogP contribution < -0.4 is 5.32 Å². The molecule has 0 aromatic heterocycles. The van der Waals surface area contributed by atoms with Crippen molar-refractivity contribution in [2.75, 3.05) is 5.75 Å². The fraction of sp³-hybridized carbons (Fsp3) is 0.364. The van der Waals surface area contributed by atoms with E-state index in [9.17, 15) is 9.59 Å². The number of nitrogens with zero attached hydrogens (tertiary/aromatic N) is 1. The van der Waals surface area contributed by atoms with Crippen molar-refractivity contribution in [2.24, 2.45) is 0 Å². The Balaban J connectivity index is 2.14. The average molecular weight is 385 g/mol. The summed E-state index contributed by atoms with van der Waals surface area (Å²) < 4.78 is 0. The number of hydrogen-bond donors (Lipinski definition) is 1. The molecule has 0 saturated carbocycles. The molecule has 5 heteroatoms. The molecule has 0 fully saturated rings. The first-order valence-corrected chi connectivity index (χ1v) is 10.2. The minimum absolute atomic E-state index is 0.0366. The van der Waals surface area contributed by atoms with Gasteiger partial charge < -0.3 is 10.2 Å². The lowest BCUT2D eigenvalue weighted by Crippen LogP contribution is -2.49. The number of benzene rings is 2. The molecule has 0 spiro atoms. The highest BCUT2D eigenvalue weighted by Crippen LogP contribution is 2.19.